The van der Waals surface area contributed by atoms with Gasteiger partial charge in [-0.15, -0.1) is 11.6 Å². The molecule has 1 rings (SSSR count). The van der Waals surface area contributed by atoms with E-state index in [0.717, 1.165) is 32.1 Å². The molecule has 0 aliphatic heterocycles. The molecule has 0 N–H and O–H groups in total. The number of alkyl halides is 1. The number of halogens is 1. The molecule has 0 amide bonds. The van der Waals surface area contributed by atoms with Gasteiger partial charge in [-0.2, -0.15) is 0 Å². The molecule has 1 aliphatic rings. The molecule has 0 aromatic rings. The van der Waals surface area contributed by atoms with Crippen LogP contribution < -0.4 is 0 Å². The molecule has 0 bridgehead atoms. The smallest absolute Gasteiger partial charge is 0.341 e. The normalized spacial score (nSPS) is 21.8. The summed E-state index contributed by atoms with van der Waals surface area (Å²) in [4.78, 5) is 0. The van der Waals surface area contributed by atoms with Crippen LogP contribution in [0.1, 0.15) is 85.0 Å². The third-order valence-electron chi connectivity index (χ3n) is 4.74. The molecular weight excluding hydrogens is 312 g/mol. The second-order valence-electron chi connectivity index (χ2n) is 6.87. The second-order valence-corrected chi connectivity index (χ2v) is 11.1. The van der Waals surface area contributed by atoms with Crippen molar-refractivity contribution in [2.75, 3.05) is 13.2 Å². The molecule has 4 heteroatoms. The van der Waals surface area contributed by atoms with Gasteiger partial charge in [-0.3, -0.25) is 0 Å². The predicted octanol–water partition coefficient (Wildman–Crippen LogP) is 6.41. The third kappa shape index (κ3) is 7.33. The summed E-state index contributed by atoms with van der Waals surface area (Å²) in [5, 5.41) is 0.192. The third-order valence-corrected chi connectivity index (χ3v) is 9.36. The Bertz CT molecular complexity index is 268. The second kappa shape index (κ2) is 11.9. The summed E-state index contributed by atoms with van der Waals surface area (Å²) < 4.78 is 13.1. The van der Waals surface area contributed by atoms with E-state index in [1.54, 1.807) is 0 Å². The van der Waals surface area contributed by atoms with Gasteiger partial charge >= 0.3 is 8.56 Å². The van der Waals surface area contributed by atoms with Crippen molar-refractivity contribution in [1.29, 1.82) is 0 Å². The fourth-order valence-electron chi connectivity index (χ4n) is 3.54. The molecule has 1 fully saturated rings. The summed E-state index contributed by atoms with van der Waals surface area (Å²) in [7, 11) is -2.10. The van der Waals surface area contributed by atoms with Crippen LogP contribution in [0.25, 0.3) is 0 Å². The van der Waals surface area contributed by atoms with E-state index in [0.29, 0.717) is 5.54 Å². The molecule has 0 radical (unpaired) electrons. The Morgan fingerprint density at radius 1 is 0.955 bits per heavy atom. The Morgan fingerprint density at radius 3 is 2.09 bits per heavy atom. The summed E-state index contributed by atoms with van der Waals surface area (Å²) in [5.74, 6) is 0. The van der Waals surface area contributed by atoms with Crippen LogP contribution in [0.15, 0.2) is 0 Å². The van der Waals surface area contributed by atoms with E-state index in [-0.39, 0.29) is 5.38 Å². The summed E-state index contributed by atoms with van der Waals surface area (Å²) in [6.45, 7) is 8.16. The first-order valence-corrected chi connectivity index (χ1v) is 12.1. The SMILES string of the molecule is CCCO[Si](CCC)(OCCC(C)Cl)C1CCCCCCC1. The van der Waals surface area contributed by atoms with Gasteiger partial charge in [0, 0.05) is 24.1 Å². The van der Waals surface area contributed by atoms with E-state index in [2.05, 4.69) is 20.8 Å². The van der Waals surface area contributed by atoms with Crippen molar-refractivity contribution >= 4 is 20.2 Å². The standard InChI is InChI=1S/C18H37ClO2Si/c1-4-14-20-22(16-5-2,21-15-13-17(3)19)18-11-9-7-6-8-10-12-18/h17-18H,4-16H2,1-3H3. The van der Waals surface area contributed by atoms with Crippen LogP contribution in [0.2, 0.25) is 11.6 Å². The molecular formula is C18H37ClO2Si. The average Bonchev–Trinajstić information content (AvgIpc) is 2.44. The minimum absolute atomic E-state index is 0.192. The summed E-state index contributed by atoms with van der Waals surface area (Å²) in [6.07, 6.45) is 12.7. The molecule has 132 valence electrons. The van der Waals surface area contributed by atoms with Crippen LogP contribution in [-0.2, 0) is 8.85 Å². The zero-order chi connectivity index (χ0) is 16.3. The molecule has 22 heavy (non-hydrogen) atoms. The Balaban J connectivity index is 2.77. The maximum absolute atomic E-state index is 6.55. The van der Waals surface area contributed by atoms with Crippen LogP contribution in [0, 0.1) is 0 Å². The first kappa shape index (κ1) is 20.5. The van der Waals surface area contributed by atoms with Crippen LogP contribution >= 0.6 is 11.6 Å². The molecule has 2 unspecified atom stereocenters. The molecule has 0 spiro atoms. The highest BCUT2D eigenvalue weighted by Gasteiger charge is 2.44. The van der Waals surface area contributed by atoms with Gasteiger partial charge < -0.3 is 8.85 Å². The molecule has 0 aromatic carbocycles. The van der Waals surface area contributed by atoms with Gasteiger partial charge in [0.25, 0.3) is 0 Å². The number of hydrogen-bond donors (Lipinski definition) is 0. The van der Waals surface area contributed by atoms with Crippen LogP contribution in [0.3, 0.4) is 0 Å². The van der Waals surface area contributed by atoms with Crippen molar-refractivity contribution in [2.24, 2.45) is 0 Å². The molecule has 1 saturated carbocycles. The summed E-state index contributed by atoms with van der Waals surface area (Å²) in [6, 6.07) is 1.15. The Hall–Kier alpha value is 0.427. The van der Waals surface area contributed by atoms with E-state index in [1.165, 1.54) is 51.4 Å². The first-order chi connectivity index (χ1) is 10.6. The van der Waals surface area contributed by atoms with Gasteiger partial charge in [-0.25, -0.2) is 0 Å². The molecule has 0 heterocycles. The largest absolute Gasteiger partial charge is 0.394 e. The highest BCUT2D eigenvalue weighted by molar-refractivity contribution is 6.69. The van der Waals surface area contributed by atoms with E-state index < -0.39 is 8.56 Å². The minimum Gasteiger partial charge on any atom is -0.394 e. The van der Waals surface area contributed by atoms with Gasteiger partial charge in [0.2, 0.25) is 0 Å². The summed E-state index contributed by atoms with van der Waals surface area (Å²) in [5.41, 5.74) is 0.685. The average molecular weight is 349 g/mol. The van der Waals surface area contributed by atoms with Gasteiger partial charge in [0.05, 0.1) is 0 Å². The van der Waals surface area contributed by atoms with Gasteiger partial charge in [-0.05, 0) is 38.7 Å². The van der Waals surface area contributed by atoms with Gasteiger partial charge in [0.15, 0.2) is 0 Å². The fourth-order valence-corrected chi connectivity index (χ4v) is 7.88. The predicted molar refractivity (Wildman–Crippen MR) is 99.0 cm³/mol. The van der Waals surface area contributed by atoms with E-state index in [9.17, 15) is 0 Å². The number of rotatable bonds is 10. The van der Waals surface area contributed by atoms with Crippen molar-refractivity contribution in [2.45, 2.75) is 102 Å². The first-order valence-electron chi connectivity index (χ1n) is 9.56. The molecule has 2 atom stereocenters. The fraction of sp³-hybridized carbons (Fsp3) is 1.00. The monoisotopic (exact) mass is 348 g/mol. The number of hydrogen-bond acceptors (Lipinski definition) is 2. The topological polar surface area (TPSA) is 18.5 Å². The van der Waals surface area contributed by atoms with Gasteiger partial charge in [0.1, 0.15) is 0 Å². The lowest BCUT2D eigenvalue weighted by atomic mass is 10.0. The van der Waals surface area contributed by atoms with Crippen molar-refractivity contribution < 1.29 is 8.85 Å². The molecule has 1 aliphatic carbocycles. The lowest BCUT2D eigenvalue weighted by molar-refractivity contribution is 0.150. The quantitative estimate of drug-likeness (QED) is 0.335. The lowest BCUT2D eigenvalue weighted by Gasteiger charge is -2.38. The van der Waals surface area contributed by atoms with Crippen molar-refractivity contribution in [3.05, 3.63) is 0 Å². The Kier molecular flexibility index (Phi) is 11.1. The van der Waals surface area contributed by atoms with Crippen molar-refractivity contribution in [3.8, 4) is 0 Å². The Morgan fingerprint density at radius 2 is 1.55 bits per heavy atom. The van der Waals surface area contributed by atoms with E-state index in [4.69, 9.17) is 20.5 Å². The van der Waals surface area contributed by atoms with Gasteiger partial charge in [-0.1, -0.05) is 52.4 Å². The maximum Gasteiger partial charge on any atom is 0.341 e. The summed E-state index contributed by atoms with van der Waals surface area (Å²) >= 11 is 6.12. The molecule has 0 saturated heterocycles. The van der Waals surface area contributed by atoms with Crippen molar-refractivity contribution in [1.82, 2.24) is 0 Å². The van der Waals surface area contributed by atoms with Crippen LogP contribution in [-0.4, -0.2) is 27.2 Å². The lowest BCUT2D eigenvalue weighted by Crippen LogP contribution is -2.47. The zero-order valence-corrected chi connectivity index (χ0v) is 16.8. The maximum atomic E-state index is 6.55. The minimum atomic E-state index is -2.10. The molecule has 0 aromatic heterocycles. The highest BCUT2D eigenvalue weighted by Crippen LogP contribution is 2.39. The Labute approximate surface area is 144 Å². The van der Waals surface area contributed by atoms with Crippen molar-refractivity contribution in [3.63, 3.8) is 0 Å². The molecule has 2 nitrogen and oxygen atoms in total. The van der Waals surface area contributed by atoms with Crippen LogP contribution in [0.4, 0.5) is 0 Å². The van der Waals surface area contributed by atoms with Crippen LogP contribution in [0.5, 0.6) is 0 Å². The van der Waals surface area contributed by atoms with E-state index >= 15 is 0 Å². The van der Waals surface area contributed by atoms with E-state index in [1.807, 2.05) is 0 Å². The highest BCUT2D eigenvalue weighted by atomic mass is 35.5. The zero-order valence-electron chi connectivity index (χ0n) is 15.0.